The second-order valence-electron chi connectivity index (χ2n) is 9.42. The second kappa shape index (κ2) is 7.95. The van der Waals surface area contributed by atoms with Crippen molar-refractivity contribution in [2.45, 2.75) is 44.9 Å². The molecule has 1 spiro atoms. The number of fused-ring (bicyclic) bond motifs is 2. The van der Waals surface area contributed by atoms with E-state index in [1.54, 1.807) is 0 Å². The quantitative estimate of drug-likeness (QED) is 0.508. The van der Waals surface area contributed by atoms with Crippen LogP contribution < -0.4 is 0 Å². The number of aromatic nitrogens is 1. The molecular formula is C29H29N3. The van der Waals surface area contributed by atoms with Crippen LogP contribution in [-0.4, -0.2) is 23.0 Å². The van der Waals surface area contributed by atoms with Gasteiger partial charge in [-0.2, -0.15) is 5.26 Å². The molecule has 3 heteroatoms. The first-order valence-electron chi connectivity index (χ1n) is 11.5. The van der Waals surface area contributed by atoms with E-state index in [1.165, 1.54) is 34.2 Å². The molecule has 0 unspecified atom stereocenters. The second-order valence-corrected chi connectivity index (χ2v) is 9.42. The number of benzene rings is 2. The van der Waals surface area contributed by atoms with Crippen molar-refractivity contribution < 1.29 is 0 Å². The van der Waals surface area contributed by atoms with Gasteiger partial charge in [0.1, 0.15) is 0 Å². The van der Waals surface area contributed by atoms with Gasteiger partial charge in [0, 0.05) is 36.2 Å². The zero-order chi connectivity index (χ0) is 22.3. The van der Waals surface area contributed by atoms with E-state index < -0.39 is 0 Å². The highest BCUT2D eigenvalue weighted by atomic mass is 15.1. The average molecular weight is 420 g/mol. The van der Waals surface area contributed by atoms with E-state index in [1.807, 2.05) is 19.2 Å². The van der Waals surface area contributed by atoms with Gasteiger partial charge < -0.3 is 4.90 Å². The lowest BCUT2D eigenvalue weighted by molar-refractivity contribution is 0.216. The van der Waals surface area contributed by atoms with Crippen LogP contribution in [-0.2, 0) is 11.8 Å². The number of rotatable bonds is 3. The molecule has 2 aliphatic rings. The third kappa shape index (κ3) is 3.50. The Morgan fingerprint density at radius 3 is 2.56 bits per heavy atom. The summed E-state index contributed by atoms with van der Waals surface area (Å²) in [6.07, 6.45) is 6.55. The molecule has 2 aromatic carbocycles. The van der Waals surface area contributed by atoms with E-state index in [2.05, 4.69) is 71.9 Å². The molecule has 32 heavy (non-hydrogen) atoms. The van der Waals surface area contributed by atoms with Crippen LogP contribution in [0.1, 0.15) is 52.8 Å². The molecule has 5 rings (SSSR count). The Morgan fingerprint density at radius 1 is 1.03 bits per heavy atom. The Balaban J connectivity index is 1.34. The molecule has 0 radical (unpaired) electrons. The van der Waals surface area contributed by atoms with Crippen LogP contribution in [0.5, 0.6) is 0 Å². The van der Waals surface area contributed by atoms with Crippen LogP contribution in [0.4, 0.5) is 0 Å². The van der Waals surface area contributed by atoms with E-state index in [9.17, 15) is 5.26 Å². The molecule has 1 saturated heterocycles. The van der Waals surface area contributed by atoms with E-state index in [-0.39, 0.29) is 5.41 Å². The molecule has 1 aromatic heterocycles. The molecule has 1 aliphatic heterocycles. The topological polar surface area (TPSA) is 39.9 Å². The van der Waals surface area contributed by atoms with Gasteiger partial charge in [0.15, 0.2) is 0 Å². The van der Waals surface area contributed by atoms with E-state index in [0.29, 0.717) is 0 Å². The van der Waals surface area contributed by atoms with Gasteiger partial charge in [-0.25, -0.2) is 0 Å². The number of likely N-dealkylation sites (tertiary alicyclic amines) is 1. The molecular weight excluding hydrogens is 390 g/mol. The summed E-state index contributed by atoms with van der Waals surface area (Å²) in [7, 11) is 0. The van der Waals surface area contributed by atoms with Gasteiger partial charge >= 0.3 is 0 Å². The van der Waals surface area contributed by atoms with Crippen molar-refractivity contribution in [1.82, 2.24) is 9.88 Å². The first-order valence-corrected chi connectivity index (χ1v) is 11.5. The zero-order valence-corrected chi connectivity index (χ0v) is 19.0. The standard InChI is InChI=1S/C29H29N3/c1-20-4-7-24(17-27(20)26-8-5-21(2)31-19-26)22(3)32-14-12-29(13-15-32)11-10-25-16-23(18-30)6-9-28(25)29/h4-9,16-17,19H,3,10-15H2,1-2H3. The summed E-state index contributed by atoms with van der Waals surface area (Å²) in [6.45, 7) is 10.7. The van der Waals surface area contributed by atoms with E-state index in [4.69, 9.17) is 0 Å². The van der Waals surface area contributed by atoms with Crippen LogP contribution in [0.15, 0.2) is 61.3 Å². The van der Waals surface area contributed by atoms with Gasteiger partial charge in [-0.15, -0.1) is 0 Å². The van der Waals surface area contributed by atoms with Crippen molar-refractivity contribution >= 4 is 5.70 Å². The number of hydrogen-bond donors (Lipinski definition) is 0. The van der Waals surface area contributed by atoms with Crippen molar-refractivity contribution in [1.29, 1.82) is 5.26 Å². The summed E-state index contributed by atoms with van der Waals surface area (Å²) in [4.78, 5) is 6.93. The number of aryl methyl sites for hydroxylation is 3. The van der Waals surface area contributed by atoms with Gasteiger partial charge in [0.2, 0.25) is 0 Å². The molecule has 0 saturated carbocycles. The number of hydrogen-bond acceptors (Lipinski definition) is 3. The van der Waals surface area contributed by atoms with Crippen molar-refractivity contribution in [3.05, 3.63) is 94.8 Å². The number of pyridine rings is 1. The molecule has 0 atom stereocenters. The van der Waals surface area contributed by atoms with Crippen LogP contribution >= 0.6 is 0 Å². The lowest BCUT2D eigenvalue weighted by Crippen LogP contribution is -2.40. The van der Waals surface area contributed by atoms with Crippen LogP contribution in [0, 0.1) is 25.2 Å². The highest BCUT2D eigenvalue weighted by molar-refractivity contribution is 5.73. The molecule has 160 valence electrons. The van der Waals surface area contributed by atoms with Crippen molar-refractivity contribution in [2.75, 3.05) is 13.1 Å². The number of nitriles is 1. The van der Waals surface area contributed by atoms with Crippen LogP contribution in [0.25, 0.3) is 16.8 Å². The lowest BCUT2D eigenvalue weighted by Gasteiger charge is -2.42. The first-order chi connectivity index (χ1) is 15.5. The Labute approximate surface area is 191 Å². The third-order valence-corrected chi connectivity index (χ3v) is 7.57. The zero-order valence-electron chi connectivity index (χ0n) is 19.0. The molecule has 0 N–H and O–H groups in total. The molecule has 3 aromatic rings. The maximum absolute atomic E-state index is 9.23. The predicted octanol–water partition coefficient (Wildman–Crippen LogP) is 6.19. The molecule has 0 bridgehead atoms. The molecule has 2 heterocycles. The van der Waals surface area contributed by atoms with Crippen molar-refractivity contribution in [3.8, 4) is 17.2 Å². The fourth-order valence-electron chi connectivity index (χ4n) is 5.54. The van der Waals surface area contributed by atoms with Crippen molar-refractivity contribution in [3.63, 3.8) is 0 Å². The summed E-state index contributed by atoms with van der Waals surface area (Å²) < 4.78 is 0. The Kier molecular flexibility index (Phi) is 5.10. The highest BCUT2D eigenvalue weighted by Crippen LogP contribution is 2.47. The fourth-order valence-corrected chi connectivity index (χ4v) is 5.54. The maximum atomic E-state index is 9.23. The maximum Gasteiger partial charge on any atom is 0.0991 e. The van der Waals surface area contributed by atoms with Crippen LogP contribution in [0.2, 0.25) is 0 Å². The van der Waals surface area contributed by atoms with E-state index >= 15 is 0 Å². The van der Waals surface area contributed by atoms with Gasteiger partial charge in [0.25, 0.3) is 0 Å². The van der Waals surface area contributed by atoms with Gasteiger partial charge in [-0.3, -0.25) is 4.98 Å². The third-order valence-electron chi connectivity index (χ3n) is 7.57. The predicted molar refractivity (Wildman–Crippen MR) is 130 cm³/mol. The van der Waals surface area contributed by atoms with Crippen LogP contribution in [0.3, 0.4) is 0 Å². The Morgan fingerprint density at radius 2 is 1.84 bits per heavy atom. The SMILES string of the molecule is C=C(c1ccc(C)c(-c2ccc(C)nc2)c1)N1CCC2(CCc3cc(C#N)ccc32)CC1. The lowest BCUT2D eigenvalue weighted by atomic mass is 9.73. The van der Waals surface area contributed by atoms with E-state index in [0.717, 1.165) is 54.9 Å². The Bertz CT molecular complexity index is 1220. The normalized spacial score (nSPS) is 16.6. The minimum Gasteiger partial charge on any atom is -0.371 e. The van der Waals surface area contributed by atoms with Gasteiger partial charge in [0.05, 0.1) is 11.6 Å². The summed E-state index contributed by atoms with van der Waals surface area (Å²) in [5.41, 5.74) is 10.9. The summed E-state index contributed by atoms with van der Waals surface area (Å²) in [6, 6.07) is 19.5. The Hall–Kier alpha value is -3.38. The number of piperidine rings is 1. The number of nitrogens with zero attached hydrogens (tertiary/aromatic N) is 3. The highest BCUT2D eigenvalue weighted by Gasteiger charge is 2.41. The minimum absolute atomic E-state index is 0.270. The molecule has 1 fully saturated rings. The summed E-state index contributed by atoms with van der Waals surface area (Å²) in [5.74, 6) is 0. The first kappa shape index (κ1) is 20.5. The smallest absolute Gasteiger partial charge is 0.0991 e. The van der Waals surface area contributed by atoms with Gasteiger partial charge in [-0.05, 0) is 97.0 Å². The fraction of sp³-hybridized carbons (Fsp3) is 0.310. The summed E-state index contributed by atoms with van der Waals surface area (Å²) in [5, 5.41) is 9.23. The van der Waals surface area contributed by atoms with Crippen molar-refractivity contribution in [2.24, 2.45) is 0 Å². The largest absolute Gasteiger partial charge is 0.371 e. The molecule has 1 aliphatic carbocycles. The molecule has 3 nitrogen and oxygen atoms in total. The minimum atomic E-state index is 0.270. The van der Waals surface area contributed by atoms with Gasteiger partial charge in [-0.1, -0.05) is 30.8 Å². The monoisotopic (exact) mass is 419 g/mol. The average Bonchev–Trinajstić information content (AvgIpc) is 3.17. The molecule has 0 amide bonds. The summed E-state index contributed by atoms with van der Waals surface area (Å²) >= 11 is 0.